The fourth-order valence-electron chi connectivity index (χ4n) is 2.17. The summed E-state index contributed by atoms with van der Waals surface area (Å²) in [6.07, 6.45) is 1.04. The molecule has 134 valence electrons. The standard InChI is InChI=1S/C15H11N3O8/c19-10-1-7(2-11(20)14(10)21)15(22)17-16-5-8-3-12-13(26-6-25-12)4-9(8)18(23)24/h1-5,19-21H,6H2,(H,17,22)/b16-5+. The maximum Gasteiger partial charge on any atom is 0.282 e. The first-order valence-electron chi connectivity index (χ1n) is 7.03. The van der Waals surface area contributed by atoms with Crippen LogP contribution < -0.4 is 14.9 Å². The normalized spacial score (nSPS) is 12.3. The van der Waals surface area contributed by atoms with Crippen molar-refractivity contribution in [3.8, 4) is 28.7 Å². The number of hydrogen-bond donors (Lipinski definition) is 4. The van der Waals surface area contributed by atoms with Gasteiger partial charge in [0.25, 0.3) is 11.6 Å². The summed E-state index contributed by atoms with van der Waals surface area (Å²) in [6.45, 7) is -0.0579. The van der Waals surface area contributed by atoms with E-state index in [-0.39, 0.29) is 29.4 Å². The Morgan fingerprint density at radius 3 is 2.38 bits per heavy atom. The fourth-order valence-corrected chi connectivity index (χ4v) is 2.17. The third kappa shape index (κ3) is 3.13. The Bertz CT molecular complexity index is 918. The van der Waals surface area contributed by atoms with E-state index in [2.05, 4.69) is 10.5 Å². The minimum Gasteiger partial charge on any atom is -0.504 e. The summed E-state index contributed by atoms with van der Waals surface area (Å²) < 4.78 is 10.2. The summed E-state index contributed by atoms with van der Waals surface area (Å²) in [4.78, 5) is 22.4. The molecule has 1 amide bonds. The number of ether oxygens (including phenoxy) is 2. The lowest BCUT2D eigenvalue weighted by atomic mass is 10.1. The average Bonchev–Trinajstić information content (AvgIpc) is 3.05. The number of carbonyl (C=O) groups is 1. The molecule has 0 radical (unpaired) electrons. The third-order valence-electron chi connectivity index (χ3n) is 3.42. The molecule has 2 aromatic rings. The molecule has 3 rings (SSSR count). The molecule has 1 heterocycles. The minimum atomic E-state index is -0.824. The Labute approximate surface area is 144 Å². The third-order valence-corrected chi connectivity index (χ3v) is 3.42. The van der Waals surface area contributed by atoms with Crippen LogP contribution in [0.2, 0.25) is 0 Å². The van der Waals surface area contributed by atoms with Crippen LogP contribution >= 0.6 is 0 Å². The molecule has 26 heavy (non-hydrogen) atoms. The van der Waals surface area contributed by atoms with E-state index in [1.54, 1.807) is 0 Å². The van der Waals surface area contributed by atoms with Gasteiger partial charge in [0, 0.05) is 5.56 Å². The molecule has 11 heteroatoms. The second-order valence-corrected chi connectivity index (χ2v) is 5.08. The van der Waals surface area contributed by atoms with Gasteiger partial charge in [-0.15, -0.1) is 0 Å². The lowest BCUT2D eigenvalue weighted by Crippen LogP contribution is -2.17. The number of benzene rings is 2. The van der Waals surface area contributed by atoms with Crippen molar-refractivity contribution in [1.29, 1.82) is 0 Å². The SMILES string of the molecule is O=C(N/N=C/c1cc2c(cc1[N+](=O)[O-])OCO2)c1cc(O)c(O)c(O)c1. The number of amides is 1. The first-order valence-corrected chi connectivity index (χ1v) is 7.03. The van der Waals surface area contributed by atoms with Gasteiger partial charge in [-0.05, 0) is 18.2 Å². The van der Waals surface area contributed by atoms with Gasteiger partial charge in [-0.3, -0.25) is 14.9 Å². The van der Waals surface area contributed by atoms with Gasteiger partial charge >= 0.3 is 0 Å². The molecule has 1 aliphatic heterocycles. The highest BCUT2D eigenvalue weighted by Gasteiger charge is 2.22. The molecule has 0 unspecified atom stereocenters. The predicted octanol–water partition coefficient (Wildman–Crippen LogP) is 1.20. The van der Waals surface area contributed by atoms with Gasteiger partial charge in [0.2, 0.25) is 6.79 Å². The van der Waals surface area contributed by atoms with Crippen molar-refractivity contribution in [1.82, 2.24) is 5.43 Å². The molecule has 0 saturated carbocycles. The second kappa shape index (κ2) is 6.47. The maximum atomic E-state index is 11.9. The largest absolute Gasteiger partial charge is 0.504 e. The van der Waals surface area contributed by atoms with Crippen molar-refractivity contribution < 1.29 is 34.5 Å². The fraction of sp³-hybridized carbons (Fsp3) is 0.0667. The number of nitrogens with zero attached hydrogens (tertiary/aromatic N) is 2. The van der Waals surface area contributed by atoms with E-state index < -0.39 is 28.1 Å². The van der Waals surface area contributed by atoms with Crippen LogP contribution in [0.25, 0.3) is 0 Å². The number of hydrogen-bond acceptors (Lipinski definition) is 9. The second-order valence-electron chi connectivity index (χ2n) is 5.08. The number of carbonyl (C=O) groups excluding carboxylic acids is 1. The van der Waals surface area contributed by atoms with Gasteiger partial charge < -0.3 is 24.8 Å². The number of nitrogens with one attached hydrogen (secondary N) is 1. The van der Waals surface area contributed by atoms with E-state index in [9.17, 15) is 30.2 Å². The number of phenolic OH excluding ortho intramolecular Hbond substituents is 3. The molecule has 0 spiro atoms. The number of rotatable bonds is 4. The molecule has 2 aromatic carbocycles. The van der Waals surface area contributed by atoms with Crippen LogP contribution in [0.15, 0.2) is 29.4 Å². The number of nitro benzene ring substituents is 1. The number of nitro groups is 1. The van der Waals surface area contributed by atoms with E-state index in [1.165, 1.54) is 12.1 Å². The lowest BCUT2D eigenvalue weighted by Gasteiger charge is -2.04. The van der Waals surface area contributed by atoms with Crippen LogP contribution in [0, 0.1) is 10.1 Å². The van der Waals surface area contributed by atoms with Crippen LogP contribution in [-0.2, 0) is 0 Å². The van der Waals surface area contributed by atoms with Gasteiger partial charge in [-0.1, -0.05) is 0 Å². The van der Waals surface area contributed by atoms with E-state index in [4.69, 9.17) is 9.47 Å². The summed E-state index contributed by atoms with van der Waals surface area (Å²) in [7, 11) is 0. The number of hydrazone groups is 1. The van der Waals surface area contributed by atoms with Crippen LogP contribution in [0.1, 0.15) is 15.9 Å². The smallest absolute Gasteiger partial charge is 0.282 e. The van der Waals surface area contributed by atoms with Crippen LogP contribution in [0.3, 0.4) is 0 Å². The highest BCUT2D eigenvalue weighted by molar-refractivity contribution is 5.96. The van der Waals surface area contributed by atoms with Crippen LogP contribution in [-0.4, -0.2) is 39.2 Å². The quantitative estimate of drug-likeness (QED) is 0.273. The van der Waals surface area contributed by atoms with Crippen molar-refractivity contribution in [2.45, 2.75) is 0 Å². The van der Waals surface area contributed by atoms with Crippen molar-refractivity contribution >= 4 is 17.8 Å². The maximum absolute atomic E-state index is 11.9. The topological polar surface area (TPSA) is 164 Å². The minimum absolute atomic E-state index is 0.0579. The van der Waals surface area contributed by atoms with E-state index in [0.29, 0.717) is 5.75 Å². The molecule has 0 aromatic heterocycles. The molecular weight excluding hydrogens is 350 g/mol. The number of fused-ring (bicyclic) bond motifs is 1. The van der Waals surface area contributed by atoms with Gasteiger partial charge in [-0.25, -0.2) is 5.43 Å². The first kappa shape index (κ1) is 16.8. The van der Waals surface area contributed by atoms with Gasteiger partial charge in [0.15, 0.2) is 28.7 Å². The monoisotopic (exact) mass is 361 g/mol. The number of phenols is 3. The molecular formula is C15H11N3O8. The van der Waals surface area contributed by atoms with Crippen LogP contribution in [0.4, 0.5) is 5.69 Å². The molecule has 0 aliphatic carbocycles. The Morgan fingerprint density at radius 1 is 1.15 bits per heavy atom. The Morgan fingerprint density at radius 2 is 1.77 bits per heavy atom. The van der Waals surface area contributed by atoms with Crippen molar-refractivity contribution in [2.24, 2.45) is 5.10 Å². The zero-order valence-electron chi connectivity index (χ0n) is 12.9. The zero-order chi connectivity index (χ0) is 18.8. The first-order chi connectivity index (χ1) is 12.4. The molecule has 11 nitrogen and oxygen atoms in total. The van der Waals surface area contributed by atoms with E-state index in [1.807, 2.05) is 0 Å². The van der Waals surface area contributed by atoms with Crippen molar-refractivity contribution in [3.05, 3.63) is 45.5 Å². The van der Waals surface area contributed by atoms with Gasteiger partial charge in [0.05, 0.1) is 22.8 Å². The van der Waals surface area contributed by atoms with E-state index in [0.717, 1.165) is 18.3 Å². The summed E-state index contributed by atoms with van der Waals surface area (Å²) in [5, 5.41) is 42.8. The highest BCUT2D eigenvalue weighted by atomic mass is 16.7. The average molecular weight is 361 g/mol. The molecule has 0 saturated heterocycles. The summed E-state index contributed by atoms with van der Waals surface area (Å²) in [5.41, 5.74) is 1.67. The highest BCUT2D eigenvalue weighted by Crippen LogP contribution is 2.37. The molecule has 0 bridgehead atoms. The molecule has 0 fully saturated rings. The molecule has 1 aliphatic rings. The van der Waals surface area contributed by atoms with Gasteiger partial charge in [0.1, 0.15) is 0 Å². The Balaban J connectivity index is 1.81. The molecule has 4 N–H and O–H groups in total. The van der Waals surface area contributed by atoms with Crippen LogP contribution in [0.5, 0.6) is 28.7 Å². The van der Waals surface area contributed by atoms with E-state index >= 15 is 0 Å². The summed E-state index contributed by atoms with van der Waals surface area (Å²) >= 11 is 0. The summed E-state index contributed by atoms with van der Waals surface area (Å²) in [5.74, 6) is -2.43. The Kier molecular flexibility index (Phi) is 4.19. The predicted molar refractivity (Wildman–Crippen MR) is 85.7 cm³/mol. The van der Waals surface area contributed by atoms with Gasteiger partial charge in [-0.2, -0.15) is 5.10 Å². The lowest BCUT2D eigenvalue weighted by molar-refractivity contribution is -0.385. The zero-order valence-corrected chi connectivity index (χ0v) is 12.9. The Hall–Kier alpha value is -4.02. The van der Waals surface area contributed by atoms with Crippen molar-refractivity contribution in [3.63, 3.8) is 0 Å². The number of aromatic hydroxyl groups is 3. The summed E-state index contributed by atoms with van der Waals surface area (Å²) in [6, 6.07) is 4.36. The van der Waals surface area contributed by atoms with Crippen molar-refractivity contribution in [2.75, 3.05) is 6.79 Å². The molecule has 0 atom stereocenters.